The number of piperidine rings is 1. The van der Waals surface area contributed by atoms with E-state index in [2.05, 4.69) is 55.4 Å². The SMILES string of the molecule is CC(C)(Oc1ccc(Cl)c(N2CCC[C@@H](C(=O)N(Cc3ccc(-c4c[nH]c5ncccc45)cc3)C3CC3)C2)c1)C(=O)N1CCNCC1. The molecule has 0 spiro atoms. The number of ether oxygens (including phenoxy) is 1. The van der Waals surface area contributed by atoms with E-state index in [1.165, 1.54) is 0 Å². The van der Waals surface area contributed by atoms with E-state index in [0.717, 1.165) is 78.7 Å². The molecule has 0 radical (unpaired) electrons. The van der Waals surface area contributed by atoms with Crippen molar-refractivity contribution in [3.05, 3.63) is 77.6 Å². The van der Waals surface area contributed by atoms with Crippen LogP contribution in [-0.4, -0.2) is 82.5 Å². The number of carbonyl (C=O) groups is 2. The van der Waals surface area contributed by atoms with Gasteiger partial charge in [-0.2, -0.15) is 0 Å². The number of fused-ring (bicyclic) bond motifs is 1. The molecule has 4 heterocycles. The van der Waals surface area contributed by atoms with Crippen LogP contribution in [0.1, 0.15) is 45.1 Å². The highest BCUT2D eigenvalue weighted by Gasteiger charge is 2.38. The van der Waals surface area contributed by atoms with Gasteiger partial charge >= 0.3 is 0 Å². The van der Waals surface area contributed by atoms with Crippen molar-refractivity contribution in [2.75, 3.05) is 44.2 Å². The molecule has 7 rings (SSSR count). The van der Waals surface area contributed by atoms with Crippen LogP contribution >= 0.6 is 11.6 Å². The van der Waals surface area contributed by atoms with E-state index in [4.69, 9.17) is 16.3 Å². The van der Waals surface area contributed by atoms with Crippen LogP contribution in [-0.2, 0) is 16.1 Å². The van der Waals surface area contributed by atoms with Crippen LogP contribution in [0.4, 0.5) is 5.69 Å². The van der Waals surface area contributed by atoms with Gasteiger partial charge < -0.3 is 29.7 Å². The Morgan fingerprint density at radius 1 is 1.04 bits per heavy atom. The highest BCUT2D eigenvalue weighted by molar-refractivity contribution is 6.33. The summed E-state index contributed by atoms with van der Waals surface area (Å²) in [5, 5.41) is 5.00. The first-order valence-electron chi connectivity index (χ1n) is 16.8. The fourth-order valence-electron chi connectivity index (χ4n) is 6.97. The third-order valence-electron chi connectivity index (χ3n) is 9.66. The lowest BCUT2D eigenvalue weighted by Crippen LogP contribution is -2.54. The second-order valence-electron chi connectivity index (χ2n) is 13.5. The Bertz CT molecular complexity index is 1740. The number of benzene rings is 2. The van der Waals surface area contributed by atoms with Crippen molar-refractivity contribution in [2.24, 2.45) is 5.92 Å². The van der Waals surface area contributed by atoms with E-state index >= 15 is 0 Å². The third kappa shape index (κ3) is 6.83. The number of aromatic amines is 1. The van der Waals surface area contributed by atoms with E-state index < -0.39 is 5.60 Å². The summed E-state index contributed by atoms with van der Waals surface area (Å²) in [6.45, 7) is 8.58. The van der Waals surface area contributed by atoms with Gasteiger partial charge in [0.15, 0.2) is 5.60 Å². The number of nitrogens with zero attached hydrogens (tertiary/aromatic N) is 4. The number of rotatable bonds is 9. The number of carbonyl (C=O) groups excluding carboxylic acids is 2. The molecule has 1 aliphatic carbocycles. The number of pyridine rings is 1. The van der Waals surface area contributed by atoms with Crippen LogP contribution in [0.25, 0.3) is 22.2 Å². The topological polar surface area (TPSA) is 93.8 Å². The van der Waals surface area contributed by atoms with E-state index in [1.54, 1.807) is 6.20 Å². The fraction of sp³-hybridized carbons (Fsp3) is 0.432. The number of amides is 2. The van der Waals surface area contributed by atoms with Gasteiger partial charge in [-0.25, -0.2) is 4.98 Å². The summed E-state index contributed by atoms with van der Waals surface area (Å²) in [7, 11) is 0. The number of hydrogen-bond donors (Lipinski definition) is 2. The molecular weight excluding hydrogens is 612 g/mol. The average molecular weight is 655 g/mol. The maximum absolute atomic E-state index is 14.1. The summed E-state index contributed by atoms with van der Waals surface area (Å²) in [5.41, 5.74) is 4.08. The van der Waals surface area contributed by atoms with Gasteiger partial charge in [-0.3, -0.25) is 9.59 Å². The third-order valence-corrected chi connectivity index (χ3v) is 9.98. The van der Waals surface area contributed by atoms with E-state index in [0.29, 0.717) is 43.0 Å². The molecule has 0 unspecified atom stereocenters. The molecule has 1 saturated carbocycles. The van der Waals surface area contributed by atoms with Gasteiger partial charge in [-0.05, 0) is 74.9 Å². The van der Waals surface area contributed by atoms with Crippen molar-refractivity contribution in [2.45, 2.75) is 57.7 Å². The van der Waals surface area contributed by atoms with Crippen LogP contribution in [0.15, 0.2) is 67.0 Å². The van der Waals surface area contributed by atoms with Crippen molar-refractivity contribution in [3.63, 3.8) is 0 Å². The van der Waals surface area contributed by atoms with Gasteiger partial charge in [-0.15, -0.1) is 0 Å². The smallest absolute Gasteiger partial charge is 0.266 e. The molecule has 2 N–H and O–H groups in total. The Kier molecular flexibility index (Phi) is 8.85. The van der Waals surface area contributed by atoms with Crippen molar-refractivity contribution >= 4 is 40.1 Å². The zero-order valence-corrected chi connectivity index (χ0v) is 27.9. The predicted molar refractivity (Wildman–Crippen MR) is 186 cm³/mol. The molecule has 4 aromatic rings. The zero-order chi connectivity index (χ0) is 32.5. The number of piperazine rings is 1. The molecule has 3 fully saturated rings. The largest absolute Gasteiger partial charge is 0.478 e. The number of hydrogen-bond acceptors (Lipinski definition) is 6. The Balaban J connectivity index is 1.03. The lowest BCUT2D eigenvalue weighted by atomic mass is 9.95. The number of H-pyrrole nitrogens is 1. The maximum atomic E-state index is 14.1. The summed E-state index contributed by atoms with van der Waals surface area (Å²) in [6.07, 6.45) is 7.65. The zero-order valence-electron chi connectivity index (χ0n) is 27.2. The first kappa shape index (κ1) is 31.5. The minimum Gasteiger partial charge on any atom is -0.478 e. The summed E-state index contributed by atoms with van der Waals surface area (Å²) in [4.78, 5) is 41.2. The second kappa shape index (κ2) is 13.2. The molecule has 0 bridgehead atoms. The Morgan fingerprint density at radius 3 is 2.60 bits per heavy atom. The molecule has 10 heteroatoms. The summed E-state index contributed by atoms with van der Waals surface area (Å²) < 4.78 is 6.30. The number of nitrogens with one attached hydrogen (secondary N) is 2. The first-order valence-corrected chi connectivity index (χ1v) is 17.2. The molecule has 3 aliphatic rings. The standard InChI is InChI=1S/C37H43ClN6O3/c1-37(2,36(46)42-19-16-39-17-20-42)47-29-13-14-32(38)33(21-29)43-18-4-5-27(24-43)35(45)44(28-11-12-28)23-25-7-9-26(10-8-25)31-22-41-34-30(31)6-3-15-40-34/h3,6-10,13-15,21-22,27-28,39H,4-5,11-12,16-20,23-24H2,1-2H3,(H,40,41)/t27-/m1/s1. The van der Waals surface area contributed by atoms with Crippen LogP contribution in [0.5, 0.6) is 5.75 Å². The van der Waals surface area contributed by atoms with Crippen molar-refractivity contribution < 1.29 is 14.3 Å². The van der Waals surface area contributed by atoms with E-state index in [1.807, 2.05) is 49.2 Å². The Hall–Kier alpha value is -4.08. The number of halogens is 1. The molecule has 246 valence electrons. The minimum atomic E-state index is -1.02. The lowest BCUT2D eigenvalue weighted by molar-refractivity contribution is -0.146. The first-order chi connectivity index (χ1) is 22.8. The van der Waals surface area contributed by atoms with Gasteiger partial charge in [0.1, 0.15) is 11.4 Å². The Morgan fingerprint density at radius 2 is 1.83 bits per heavy atom. The van der Waals surface area contributed by atoms with E-state index in [-0.39, 0.29) is 17.7 Å². The van der Waals surface area contributed by atoms with Crippen LogP contribution in [0.2, 0.25) is 5.02 Å². The highest BCUT2D eigenvalue weighted by Crippen LogP contribution is 2.37. The van der Waals surface area contributed by atoms with Crippen molar-refractivity contribution in [1.29, 1.82) is 0 Å². The van der Waals surface area contributed by atoms with Crippen LogP contribution < -0.4 is 15.0 Å². The van der Waals surface area contributed by atoms with Crippen LogP contribution in [0, 0.1) is 5.92 Å². The molecule has 9 nitrogen and oxygen atoms in total. The predicted octanol–water partition coefficient (Wildman–Crippen LogP) is 5.88. The molecule has 2 amide bonds. The van der Waals surface area contributed by atoms with Crippen LogP contribution in [0.3, 0.4) is 0 Å². The van der Waals surface area contributed by atoms with Gasteiger partial charge in [0, 0.05) is 81.3 Å². The number of anilines is 1. The highest BCUT2D eigenvalue weighted by atomic mass is 35.5. The minimum absolute atomic E-state index is 0.0239. The van der Waals surface area contributed by atoms with Gasteiger partial charge in [0.25, 0.3) is 5.91 Å². The van der Waals surface area contributed by atoms with Crippen molar-refractivity contribution in [1.82, 2.24) is 25.1 Å². The van der Waals surface area contributed by atoms with Gasteiger partial charge in [-0.1, -0.05) is 35.9 Å². The maximum Gasteiger partial charge on any atom is 0.266 e. The normalized spacial score (nSPS) is 18.7. The monoisotopic (exact) mass is 654 g/mol. The fourth-order valence-corrected chi connectivity index (χ4v) is 7.21. The molecule has 2 aromatic heterocycles. The summed E-state index contributed by atoms with van der Waals surface area (Å²) in [6, 6.07) is 18.5. The molecule has 2 aromatic carbocycles. The Labute approximate surface area is 281 Å². The van der Waals surface area contributed by atoms with Gasteiger partial charge in [0.2, 0.25) is 5.91 Å². The molecule has 2 saturated heterocycles. The van der Waals surface area contributed by atoms with Gasteiger partial charge in [0.05, 0.1) is 16.6 Å². The lowest BCUT2D eigenvalue weighted by Gasteiger charge is -2.37. The average Bonchev–Trinajstić information content (AvgIpc) is 3.86. The van der Waals surface area contributed by atoms with E-state index in [9.17, 15) is 9.59 Å². The number of aromatic nitrogens is 2. The molecule has 1 atom stereocenters. The summed E-state index contributed by atoms with van der Waals surface area (Å²) >= 11 is 6.74. The van der Waals surface area contributed by atoms with Crippen molar-refractivity contribution in [3.8, 4) is 16.9 Å². The molecule has 2 aliphatic heterocycles. The second-order valence-corrected chi connectivity index (χ2v) is 14.0. The molecular formula is C37H43ClN6O3. The quantitative estimate of drug-likeness (QED) is 0.234. The molecule has 47 heavy (non-hydrogen) atoms. The summed E-state index contributed by atoms with van der Waals surface area (Å²) in [5.74, 6) is 0.673.